The first-order valence-electron chi connectivity index (χ1n) is 11.0. The molecular formula is C22H22F4N4O8S2. The van der Waals surface area contributed by atoms with E-state index in [9.17, 15) is 46.3 Å². The minimum Gasteiger partial charge on any atom is -0.462 e. The number of amides is 4. The SMILES string of the molecule is CCOC(=O)c1c(NC(=O)C(F)(F)C(F)(F)C(=O)Nc2sc(C(N)=O)c(C)c2C(=O)OCC)sc(C(N)=O)c1C. The number of anilines is 2. The topological polar surface area (TPSA) is 197 Å². The van der Waals surface area contributed by atoms with Crippen molar-refractivity contribution in [2.45, 2.75) is 39.5 Å². The van der Waals surface area contributed by atoms with Crippen LogP contribution >= 0.6 is 22.7 Å². The molecule has 2 aromatic heterocycles. The van der Waals surface area contributed by atoms with E-state index < -0.39 is 68.5 Å². The van der Waals surface area contributed by atoms with E-state index in [1.54, 1.807) is 0 Å². The zero-order valence-corrected chi connectivity index (χ0v) is 22.8. The van der Waals surface area contributed by atoms with Crippen LogP contribution in [-0.4, -0.2) is 60.6 Å². The lowest BCUT2D eigenvalue weighted by atomic mass is 10.1. The molecule has 2 heterocycles. The van der Waals surface area contributed by atoms with Crippen molar-refractivity contribution in [3.63, 3.8) is 0 Å². The summed E-state index contributed by atoms with van der Waals surface area (Å²) in [6, 6.07) is 0. The molecule has 0 saturated carbocycles. The summed E-state index contributed by atoms with van der Waals surface area (Å²) in [6.45, 7) is 4.76. The second-order valence-electron chi connectivity index (χ2n) is 7.75. The molecule has 0 spiro atoms. The van der Waals surface area contributed by atoms with Crippen LogP contribution in [0.2, 0.25) is 0 Å². The van der Waals surface area contributed by atoms with Gasteiger partial charge in [-0.1, -0.05) is 0 Å². The third kappa shape index (κ3) is 5.91. The van der Waals surface area contributed by atoms with Crippen molar-refractivity contribution >= 4 is 68.2 Å². The van der Waals surface area contributed by atoms with Crippen LogP contribution < -0.4 is 22.1 Å². The summed E-state index contributed by atoms with van der Waals surface area (Å²) in [7, 11) is 0. The average Bonchev–Trinajstić information content (AvgIpc) is 3.35. The van der Waals surface area contributed by atoms with Crippen LogP contribution in [0.3, 0.4) is 0 Å². The van der Waals surface area contributed by atoms with Gasteiger partial charge in [0.1, 0.15) is 10.0 Å². The number of halogens is 4. The van der Waals surface area contributed by atoms with Crippen LogP contribution in [0.1, 0.15) is 65.0 Å². The van der Waals surface area contributed by atoms with Crippen molar-refractivity contribution in [3.8, 4) is 0 Å². The molecule has 218 valence electrons. The first-order valence-corrected chi connectivity index (χ1v) is 12.7. The van der Waals surface area contributed by atoms with Crippen molar-refractivity contribution in [1.82, 2.24) is 0 Å². The van der Waals surface area contributed by atoms with Gasteiger partial charge in [0.25, 0.3) is 11.8 Å². The Morgan fingerprint density at radius 3 is 1.25 bits per heavy atom. The molecule has 6 N–H and O–H groups in total. The monoisotopic (exact) mass is 610 g/mol. The number of rotatable bonds is 11. The van der Waals surface area contributed by atoms with Crippen LogP contribution in [0, 0.1) is 13.8 Å². The van der Waals surface area contributed by atoms with Crippen LogP contribution in [0.5, 0.6) is 0 Å². The molecule has 0 aliphatic heterocycles. The normalized spacial score (nSPS) is 11.5. The Morgan fingerprint density at radius 2 is 1.00 bits per heavy atom. The molecule has 0 radical (unpaired) electrons. The van der Waals surface area contributed by atoms with Crippen LogP contribution in [0.15, 0.2) is 0 Å². The molecule has 0 aliphatic carbocycles. The third-order valence-electron chi connectivity index (χ3n) is 5.12. The number of ether oxygens (including phenoxy) is 2. The molecule has 0 atom stereocenters. The number of carbonyl (C=O) groups excluding carboxylic acids is 6. The maximum Gasteiger partial charge on any atom is 0.396 e. The van der Waals surface area contributed by atoms with Gasteiger partial charge in [-0.05, 0) is 38.8 Å². The van der Waals surface area contributed by atoms with E-state index >= 15 is 0 Å². The number of carbonyl (C=O) groups is 6. The molecule has 18 heteroatoms. The quantitative estimate of drug-likeness (QED) is 0.220. The molecule has 2 rings (SSSR count). The summed E-state index contributed by atoms with van der Waals surface area (Å²) < 4.78 is 68.6. The van der Waals surface area contributed by atoms with Gasteiger partial charge >= 0.3 is 35.6 Å². The largest absolute Gasteiger partial charge is 0.462 e. The molecule has 40 heavy (non-hydrogen) atoms. The van der Waals surface area contributed by atoms with Crippen LogP contribution in [0.25, 0.3) is 0 Å². The minimum atomic E-state index is -5.75. The molecule has 0 fully saturated rings. The lowest BCUT2D eigenvalue weighted by molar-refractivity contribution is -0.204. The fraction of sp³-hybridized carbons (Fsp3) is 0.364. The van der Waals surface area contributed by atoms with Crippen LogP contribution in [-0.2, 0) is 19.1 Å². The fourth-order valence-electron chi connectivity index (χ4n) is 3.22. The van der Waals surface area contributed by atoms with Gasteiger partial charge in [-0.3, -0.25) is 19.2 Å². The highest BCUT2D eigenvalue weighted by Gasteiger charge is 2.67. The van der Waals surface area contributed by atoms with Crippen molar-refractivity contribution in [3.05, 3.63) is 32.0 Å². The van der Waals surface area contributed by atoms with E-state index in [4.69, 9.17) is 20.9 Å². The van der Waals surface area contributed by atoms with Crippen molar-refractivity contribution < 1.29 is 55.8 Å². The number of nitrogens with two attached hydrogens (primary N) is 2. The van der Waals surface area contributed by atoms with E-state index in [1.807, 2.05) is 0 Å². The van der Waals surface area contributed by atoms with Gasteiger partial charge < -0.3 is 31.6 Å². The highest BCUT2D eigenvalue weighted by molar-refractivity contribution is 7.19. The molecule has 4 amide bonds. The Hall–Kier alpha value is -4.06. The molecule has 0 aromatic carbocycles. The summed E-state index contributed by atoms with van der Waals surface area (Å²) in [5, 5.41) is 1.36. The van der Waals surface area contributed by atoms with E-state index in [1.165, 1.54) is 38.3 Å². The van der Waals surface area contributed by atoms with Gasteiger partial charge in [0, 0.05) is 0 Å². The first-order chi connectivity index (χ1) is 18.4. The van der Waals surface area contributed by atoms with Crippen molar-refractivity contribution in [2.75, 3.05) is 23.8 Å². The smallest absolute Gasteiger partial charge is 0.396 e. The molecule has 2 aromatic rings. The van der Waals surface area contributed by atoms with E-state index in [-0.39, 0.29) is 56.8 Å². The molecule has 0 unspecified atom stereocenters. The van der Waals surface area contributed by atoms with Crippen molar-refractivity contribution in [1.29, 1.82) is 0 Å². The maximum atomic E-state index is 14.8. The Kier molecular flexibility index (Phi) is 9.64. The first kappa shape index (κ1) is 32.2. The summed E-state index contributed by atoms with van der Waals surface area (Å²) in [5.41, 5.74) is 8.87. The highest BCUT2D eigenvalue weighted by atomic mass is 32.1. The average molecular weight is 611 g/mol. The second kappa shape index (κ2) is 12.0. The number of thiophene rings is 2. The van der Waals surface area contributed by atoms with Gasteiger partial charge in [0.15, 0.2) is 0 Å². The fourth-order valence-corrected chi connectivity index (χ4v) is 5.30. The van der Waals surface area contributed by atoms with Gasteiger partial charge in [0.05, 0.1) is 34.1 Å². The number of primary amides is 2. The van der Waals surface area contributed by atoms with Gasteiger partial charge in [0.2, 0.25) is 0 Å². The lowest BCUT2D eigenvalue weighted by Crippen LogP contribution is -2.56. The Morgan fingerprint density at radius 1 is 0.700 bits per heavy atom. The van der Waals surface area contributed by atoms with E-state index in [0.29, 0.717) is 0 Å². The molecular weight excluding hydrogens is 588 g/mol. The van der Waals surface area contributed by atoms with E-state index in [2.05, 4.69) is 0 Å². The predicted molar refractivity (Wildman–Crippen MR) is 134 cm³/mol. The number of nitrogens with one attached hydrogen (secondary N) is 2. The lowest BCUT2D eigenvalue weighted by Gasteiger charge is -2.24. The Labute approximate surface area is 231 Å². The Bertz CT molecular complexity index is 1300. The zero-order chi connectivity index (χ0) is 30.7. The second-order valence-corrected chi connectivity index (χ2v) is 9.79. The molecule has 0 saturated heterocycles. The number of hydrogen-bond acceptors (Lipinski definition) is 10. The van der Waals surface area contributed by atoms with Gasteiger partial charge in [-0.25, -0.2) is 9.59 Å². The summed E-state index contributed by atoms with van der Waals surface area (Å²) in [6.07, 6.45) is 0. The van der Waals surface area contributed by atoms with Gasteiger partial charge in [-0.15, -0.1) is 22.7 Å². The highest BCUT2D eigenvalue weighted by Crippen LogP contribution is 2.41. The number of esters is 2. The predicted octanol–water partition coefficient (Wildman–Crippen LogP) is 2.83. The van der Waals surface area contributed by atoms with Crippen molar-refractivity contribution in [2.24, 2.45) is 11.5 Å². The summed E-state index contributed by atoms with van der Waals surface area (Å²) in [4.78, 5) is 71.9. The van der Waals surface area contributed by atoms with Crippen LogP contribution in [0.4, 0.5) is 27.6 Å². The third-order valence-corrected chi connectivity index (χ3v) is 7.56. The summed E-state index contributed by atoms with van der Waals surface area (Å²) >= 11 is 0.503. The van der Waals surface area contributed by atoms with Gasteiger partial charge in [-0.2, -0.15) is 17.6 Å². The van der Waals surface area contributed by atoms with E-state index in [0.717, 1.165) is 0 Å². The molecule has 0 aliphatic rings. The standard InChI is InChI=1S/C22H22F4N4O8S2/c1-5-37-17(33)9-7(3)11(13(27)31)39-15(9)29-19(35)21(23,24)22(25,26)20(36)30-16-10(18(34)38-6-2)8(4)12(40-16)14(28)32/h5-6H2,1-4H3,(H2,27,31)(H2,28,32)(H,29,35)(H,30,36). The molecule has 12 nitrogen and oxygen atoms in total. The number of hydrogen-bond donors (Lipinski definition) is 4. The summed E-state index contributed by atoms with van der Waals surface area (Å²) in [5.74, 6) is -21.5. The zero-order valence-electron chi connectivity index (χ0n) is 21.2. The maximum absolute atomic E-state index is 14.8. The number of alkyl halides is 4. The minimum absolute atomic E-state index is 0.163. The Balaban J connectivity index is 2.46. The molecule has 0 bridgehead atoms.